The number of fused-ring (bicyclic) bond motifs is 1. The average molecular weight is 440 g/mol. The summed E-state index contributed by atoms with van der Waals surface area (Å²) in [5.41, 5.74) is 1.18. The van der Waals surface area contributed by atoms with E-state index in [1.807, 2.05) is 18.2 Å². The Morgan fingerprint density at radius 1 is 1.10 bits per heavy atom. The third-order valence-electron chi connectivity index (χ3n) is 5.25. The van der Waals surface area contributed by atoms with E-state index in [4.69, 9.17) is 9.72 Å². The van der Waals surface area contributed by atoms with Crippen molar-refractivity contribution in [1.29, 1.82) is 0 Å². The minimum atomic E-state index is -0.264. The van der Waals surface area contributed by atoms with Crippen LogP contribution in [0.5, 0.6) is 11.5 Å². The summed E-state index contributed by atoms with van der Waals surface area (Å²) in [5, 5.41) is 9.97. The van der Waals surface area contributed by atoms with E-state index in [0.717, 1.165) is 41.0 Å². The van der Waals surface area contributed by atoms with Crippen molar-refractivity contribution in [2.45, 2.75) is 44.7 Å². The maximum Gasteiger partial charge on any atom is 0.269 e. The van der Waals surface area contributed by atoms with Gasteiger partial charge < -0.3 is 20.7 Å². The van der Waals surface area contributed by atoms with Crippen LogP contribution in [0.2, 0.25) is 0 Å². The molecule has 0 radical (unpaired) electrons. The number of thiazole rings is 1. The lowest BCUT2D eigenvalue weighted by Crippen LogP contribution is -2.47. The van der Waals surface area contributed by atoms with E-state index < -0.39 is 0 Å². The monoisotopic (exact) mass is 439 g/mol. The predicted molar refractivity (Wildman–Crippen MR) is 121 cm³/mol. The molecule has 0 saturated heterocycles. The van der Waals surface area contributed by atoms with Crippen LogP contribution in [0.3, 0.4) is 0 Å². The van der Waals surface area contributed by atoms with Crippen LogP contribution in [0, 0.1) is 0 Å². The standard InChI is InChI=1S/C22H25N5O3S/c1-13(28)25-16-5-3-4-6-17(16)26-22-27-18-8-7-14(12-20(18)31-22)30-15-9-10-24-19(11-15)21(29)23-2/h7-12,16-17H,3-6H2,1-2H3,(H,23,29)(H,25,28)(H,26,27). The SMILES string of the molecule is CNC(=O)c1cc(Oc2ccc3nc(NC4CCCCC4NC(C)=O)sc3c2)ccn1. The van der Waals surface area contributed by atoms with E-state index in [1.54, 1.807) is 43.6 Å². The first-order valence-corrected chi connectivity index (χ1v) is 11.1. The Kier molecular flexibility index (Phi) is 6.31. The molecule has 1 fully saturated rings. The molecule has 2 atom stereocenters. The van der Waals surface area contributed by atoms with Gasteiger partial charge in [-0.05, 0) is 31.0 Å². The molecule has 162 valence electrons. The van der Waals surface area contributed by atoms with E-state index in [0.29, 0.717) is 17.2 Å². The molecular formula is C22H25N5O3S. The third kappa shape index (κ3) is 5.11. The third-order valence-corrected chi connectivity index (χ3v) is 6.20. The summed E-state index contributed by atoms with van der Waals surface area (Å²) in [6, 6.07) is 9.32. The summed E-state index contributed by atoms with van der Waals surface area (Å²) in [7, 11) is 1.56. The smallest absolute Gasteiger partial charge is 0.269 e. The average Bonchev–Trinajstić information content (AvgIpc) is 3.16. The molecule has 1 aliphatic carbocycles. The quantitative estimate of drug-likeness (QED) is 0.541. The highest BCUT2D eigenvalue weighted by Crippen LogP contribution is 2.33. The van der Waals surface area contributed by atoms with Gasteiger partial charge in [-0.25, -0.2) is 4.98 Å². The number of aromatic nitrogens is 2. The molecule has 2 amide bonds. The molecule has 2 heterocycles. The number of carbonyl (C=O) groups is 2. The number of hydrogen-bond acceptors (Lipinski definition) is 7. The second-order valence-corrected chi connectivity index (χ2v) is 8.58. The zero-order chi connectivity index (χ0) is 21.8. The largest absolute Gasteiger partial charge is 0.457 e. The first-order chi connectivity index (χ1) is 15.0. The van der Waals surface area contributed by atoms with Crippen LogP contribution < -0.4 is 20.7 Å². The molecule has 4 rings (SSSR count). The number of nitrogens with zero attached hydrogens (tertiary/aromatic N) is 2. The molecule has 3 N–H and O–H groups in total. The maximum atomic E-state index is 11.8. The highest BCUT2D eigenvalue weighted by molar-refractivity contribution is 7.22. The van der Waals surface area contributed by atoms with Crippen LogP contribution in [-0.4, -0.2) is 40.9 Å². The van der Waals surface area contributed by atoms with Gasteiger partial charge in [-0.2, -0.15) is 0 Å². The molecule has 2 aromatic heterocycles. The Bertz CT molecular complexity index is 1100. The van der Waals surface area contributed by atoms with Crippen molar-refractivity contribution in [2.75, 3.05) is 12.4 Å². The van der Waals surface area contributed by atoms with Gasteiger partial charge in [0.2, 0.25) is 5.91 Å². The minimum absolute atomic E-state index is 0.000442. The predicted octanol–water partition coefficient (Wildman–Crippen LogP) is 3.70. The number of benzene rings is 1. The van der Waals surface area contributed by atoms with Crippen LogP contribution in [-0.2, 0) is 4.79 Å². The number of hydrogen-bond donors (Lipinski definition) is 3. The Morgan fingerprint density at radius 3 is 2.65 bits per heavy atom. The number of amides is 2. The number of ether oxygens (including phenoxy) is 1. The van der Waals surface area contributed by atoms with Crippen LogP contribution in [0.4, 0.5) is 5.13 Å². The van der Waals surface area contributed by atoms with Crippen LogP contribution in [0.15, 0.2) is 36.5 Å². The summed E-state index contributed by atoms with van der Waals surface area (Å²) in [6.07, 6.45) is 5.79. The maximum absolute atomic E-state index is 11.8. The van der Waals surface area contributed by atoms with E-state index in [2.05, 4.69) is 20.9 Å². The van der Waals surface area contributed by atoms with Crippen molar-refractivity contribution in [1.82, 2.24) is 20.6 Å². The lowest BCUT2D eigenvalue weighted by molar-refractivity contribution is -0.119. The molecule has 0 bridgehead atoms. The van der Waals surface area contributed by atoms with Crippen LogP contribution in [0.25, 0.3) is 10.2 Å². The van der Waals surface area contributed by atoms with Gasteiger partial charge in [0.15, 0.2) is 5.13 Å². The minimum Gasteiger partial charge on any atom is -0.457 e. The summed E-state index contributed by atoms with van der Waals surface area (Å²) in [5.74, 6) is 0.932. The van der Waals surface area contributed by atoms with Gasteiger partial charge in [-0.15, -0.1) is 0 Å². The van der Waals surface area contributed by atoms with Gasteiger partial charge >= 0.3 is 0 Å². The van der Waals surface area contributed by atoms with Gasteiger partial charge in [0.05, 0.1) is 10.2 Å². The Labute approximate surface area is 184 Å². The van der Waals surface area contributed by atoms with Crippen molar-refractivity contribution in [3.8, 4) is 11.5 Å². The highest BCUT2D eigenvalue weighted by atomic mass is 32.1. The lowest BCUT2D eigenvalue weighted by Gasteiger charge is -2.32. The Morgan fingerprint density at radius 2 is 1.87 bits per heavy atom. The van der Waals surface area contributed by atoms with Crippen LogP contribution >= 0.6 is 11.3 Å². The number of rotatable bonds is 6. The molecule has 9 heteroatoms. The number of pyridine rings is 1. The van der Waals surface area contributed by atoms with Crippen molar-refractivity contribution in [3.63, 3.8) is 0 Å². The summed E-state index contributed by atoms with van der Waals surface area (Å²) in [6.45, 7) is 1.56. The van der Waals surface area contributed by atoms with E-state index in [9.17, 15) is 9.59 Å². The van der Waals surface area contributed by atoms with E-state index in [1.165, 1.54) is 0 Å². The summed E-state index contributed by atoms with van der Waals surface area (Å²) < 4.78 is 6.93. The van der Waals surface area contributed by atoms with Gasteiger partial charge in [-0.3, -0.25) is 14.6 Å². The topological polar surface area (TPSA) is 105 Å². The zero-order valence-electron chi connectivity index (χ0n) is 17.5. The molecule has 31 heavy (non-hydrogen) atoms. The van der Waals surface area contributed by atoms with Crippen molar-refractivity contribution < 1.29 is 14.3 Å². The second kappa shape index (κ2) is 9.30. The fourth-order valence-electron chi connectivity index (χ4n) is 3.79. The van der Waals surface area contributed by atoms with Gasteiger partial charge in [0.25, 0.3) is 5.91 Å². The van der Waals surface area contributed by atoms with E-state index >= 15 is 0 Å². The van der Waals surface area contributed by atoms with Crippen LogP contribution in [0.1, 0.15) is 43.1 Å². The zero-order valence-corrected chi connectivity index (χ0v) is 18.3. The molecule has 2 unspecified atom stereocenters. The highest BCUT2D eigenvalue weighted by Gasteiger charge is 2.26. The molecule has 8 nitrogen and oxygen atoms in total. The molecule has 0 aliphatic heterocycles. The fraction of sp³-hybridized carbons (Fsp3) is 0.364. The summed E-state index contributed by atoms with van der Waals surface area (Å²) >= 11 is 1.56. The molecular weight excluding hydrogens is 414 g/mol. The van der Waals surface area contributed by atoms with E-state index in [-0.39, 0.29) is 23.9 Å². The molecule has 3 aromatic rings. The molecule has 0 spiro atoms. The second-order valence-electron chi connectivity index (χ2n) is 7.55. The molecule has 1 aliphatic rings. The Hall–Kier alpha value is -3.20. The lowest BCUT2D eigenvalue weighted by atomic mass is 9.90. The Balaban J connectivity index is 1.49. The van der Waals surface area contributed by atoms with Crippen molar-refractivity contribution in [2.24, 2.45) is 0 Å². The first-order valence-electron chi connectivity index (χ1n) is 10.3. The van der Waals surface area contributed by atoms with Gasteiger partial charge in [0.1, 0.15) is 17.2 Å². The molecule has 1 aromatic carbocycles. The number of carbonyl (C=O) groups excluding carboxylic acids is 2. The number of anilines is 1. The number of nitrogens with one attached hydrogen (secondary N) is 3. The first kappa shape index (κ1) is 21.0. The fourth-order valence-corrected chi connectivity index (χ4v) is 4.75. The van der Waals surface area contributed by atoms with Gasteiger partial charge in [0, 0.05) is 44.4 Å². The van der Waals surface area contributed by atoms with Crippen molar-refractivity contribution >= 4 is 38.5 Å². The van der Waals surface area contributed by atoms with Gasteiger partial charge in [-0.1, -0.05) is 24.2 Å². The summed E-state index contributed by atoms with van der Waals surface area (Å²) in [4.78, 5) is 32.0. The normalized spacial score (nSPS) is 18.4. The van der Waals surface area contributed by atoms with Crippen molar-refractivity contribution in [3.05, 3.63) is 42.2 Å². The molecule has 1 saturated carbocycles.